The zero-order valence-corrected chi connectivity index (χ0v) is 24.7. The first kappa shape index (κ1) is 34.6. The Morgan fingerprint density at radius 1 is 0.800 bits per heavy atom. The molecule has 0 spiro atoms. The standard InChI is InChI=1S/C29H47N5O6/c1-18(2)25(31-14-15-32-26(36)19(3)4)27(37)34-23(8-7-13-33-29(30)39)24(35)16-21-9-11-22(12-10-21)17-40-28(38)20(5)6/h9-12,18-20,23,25,31H,7-8,13-17H2,1-6H3,(H,32,36)(H,34,37)(H3,30,33,39)/t23-,25-/m1/s1. The molecule has 0 aliphatic carbocycles. The average Bonchev–Trinajstić information content (AvgIpc) is 2.88. The fourth-order valence-electron chi connectivity index (χ4n) is 3.74. The van der Waals surface area contributed by atoms with Crippen LogP contribution in [-0.2, 0) is 36.9 Å². The molecule has 1 aromatic carbocycles. The number of amides is 4. The Balaban J connectivity index is 2.83. The maximum atomic E-state index is 13.3. The molecule has 11 nitrogen and oxygen atoms in total. The molecule has 40 heavy (non-hydrogen) atoms. The van der Waals surface area contributed by atoms with Crippen LogP contribution in [-0.4, -0.2) is 61.3 Å². The quantitative estimate of drug-likeness (QED) is 0.134. The van der Waals surface area contributed by atoms with Crippen molar-refractivity contribution in [3.63, 3.8) is 0 Å². The van der Waals surface area contributed by atoms with E-state index in [-0.39, 0.29) is 60.9 Å². The first-order valence-electron chi connectivity index (χ1n) is 13.9. The minimum absolute atomic E-state index is 0.0628. The molecule has 2 atom stereocenters. The normalized spacial score (nSPS) is 12.6. The lowest BCUT2D eigenvalue weighted by Gasteiger charge is -2.25. The van der Waals surface area contributed by atoms with Gasteiger partial charge in [0.25, 0.3) is 0 Å². The lowest BCUT2D eigenvalue weighted by atomic mass is 9.97. The molecule has 0 aliphatic heterocycles. The molecule has 6 N–H and O–H groups in total. The van der Waals surface area contributed by atoms with Crippen LogP contribution in [0.25, 0.3) is 0 Å². The number of nitrogens with one attached hydrogen (secondary N) is 4. The minimum atomic E-state index is -0.766. The molecule has 11 heteroatoms. The molecule has 0 unspecified atom stereocenters. The number of hydrogen-bond donors (Lipinski definition) is 5. The summed E-state index contributed by atoms with van der Waals surface area (Å²) in [4.78, 5) is 61.0. The van der Waals surface area contributed by atoms with E-state index < -0.39 is 18.1 Å². The van der Waals surface area contributed by atoms with E-state index in [0.717, 1.165) is 11.1 Å². The van der Waals surface area contributed by atoms with E-state index in [1.54, 1.807) is 38.1 Å². The van der Waals surface area contributed by atoms with Crippen LogP contribution in [0, 0.1) is 17.8 Å². The van der Waals surface area contributed by atoms with Crippen molar-refractivity contribution in [3.05, 3.63) is 35.4 Å². The number of urea groups is 1. The summed E-state index contributed by atoms with van der Waals surface area (Å²) in [6.07, 6.45) is 0.866. The summed E-state index contributed by atoms with van der Waals surface area (Å²) in [5.74, 6) is -1.22. The minimum Gasteiger partial charge on any atom is -0.461 e. The Bertz CT molecular complexity index is 978. The van der Waals surface area contributed by atoms with Gasteiger partial charge in [-0.3, -0.25) is 19.2 Å². The van der Waals surface area contributed by atoms with Crippen molar-refractivity contribution < 1.29 is 28.7 Å². The number of Topliss-reactive ketones (excluding diaryl/α,β-unsaturated/α-hetero) is 1. The summed E-state index contributed by atoms with van der Waals surface area (Å²) in [7, 11) is 0. The van der Waals surface area contributed by atoms with Gasteiger partial charge in [-0.15, -0.1) is 0 Å². The summed E-state index contributed by atoms with van der Waals surface area (Å²) in [6.45, 7) is 12.2. The molecule has 4 amide bonds. The monoisotopic (exact) mass is 561 g/mol. The highest BCUT2D eigenvalue weighted by molar-refractivity contribution is 5.92. The Kier molecular flexibility index (Phi) is 15.5. The van der Waals surface area contributed by atoms with Gasteiger partial charge >= 0.3 is 12.0 Å². The number of nitrogens with two attached hydrogens (primary N) is 1. The molecule has 0 aliphatic rings. The highest BCUT2D eigenvalue weighted by atomic mass is 16.5. The smallest absolute Gasteiger partial charge is 0.312 e. The number of esters is 1. The molecule has 0 fully saturated rings. The van der Waals surface area contributed by atoms with Crippen LogP contribution in [0.3, 0.4) is 0 Å². The summed E-state index contributed by atoms with van der Waals surface area (Å²) in [6, 6.07) is 5.22. The zero-order valence-electron chi connectivity index (χ0n) is 24.7. The van der Waals surface area contributed by atoms with Crippen molar-refractivity contribution in [2.75, 3.05) is 19.6 Å². The Morgan fingerprint density at radius 3 is 1.98 bits per heavy atom. The Labute approximate surface area is 237 Å². The van der Waals surface area contributed by atoms with Gasteiger partial charge in [0.15, 0.2) is 5.78 Å². The number of carbonyl (C=O) groups is 5. The third-order valence-corrected chi connectivity index (χ3v) is 6.19. The number of ether oxygens (including phenoxy) is 1. The van der Waals surface area contributed by atoms with Crippen LogP contribution in [0.2, 0.25) is 0 Å². The number of carbonyl (C=O) groups excluding carboxylic acids is 5. The van der Waals surface area contributed by atoms with E-state index in [1.165, 1.54) is 0 Å². The second-order valence-electron chi connectivity index (χ2n) is 10.8. The van der Waals surface area contributed by atoms with Crippen LogP contribution >= 0.6 is 0 Å². The van der Waals surface area contributed by atoms with Crippen LogP contribution in [0.4, 0.5) is 4.79 Å². The molecule has 0 saturated heterocycles. The van der Waals surface area contributed by atoms with Gasteiger partial charge in [-0.2, -0.15) is 0 Å². The lowest BCUT2D eigenvalue weighted by Crippen LogP contribution is -2.53. The summed E-state index contributed by atoms with van der Waals surface area (Å²) in [5, 5.41) is 11.4. The molecule has 0 radical (unpaired) electrons. The number of benzene rings is 1. The summed E-state index contributed by atoms with van der Waals surface area (Å²) in [5.41, 5.74) is 6.70. The van der Waals surface area contributed by atoms with Crippen molar-refractivity contribution in [3.8, 4) is 0 Å². The molecular formula is C29H47N5O6. The van der Waals surface area contributed by atoms with Crippen LogP contribution in [0.5, 0.6) is 0 Å². The Morgan fingerprint density at radius 2 is 1.43 bits per heavy atom. The van der Waals surface area contributed by atoms with E-state index in [2.05, 4.69) is 21.3 Å². The van der Waals surface area contributed by atoms with Crippen LogP contribution < -0.4 is 27.0 Å². The maximum absolute atomic E-state index is 13.3. The molecule has 224 valence electrons. The first-order valence-corrected chi connectivity index (χ1v) is 13.9. The second kappa shape index (κ2) is 18.0. The Hall–Kier alpha value is -3.47. The molecule has 0 bridgehead atoms. The van der Waals surface area contributed by atoms with Gasteiger partial charge in [0.1, 0.15) is 6.61 Å². The van der Waals surface area contributed by atoms with Gasteiger partial charge in [-0.25, -0.2) is 4.79 Å². The third-order valence-electron chi connectivity index (χ3n) is 6.19. The SMILES string of the molecule is CC(C)C(=O)NCCN[C@@H](C(=O)N[C@H](CCCNC(N)=O)C(=O)Cc1ccc(COC(=O)C(C)C)cc1)C(C)C. The van der Waals surface area contributed by atoms with E-state index in [1.807, 2.05) is 27.7 Å². The highest BCUT2D eigenvalue weighted by Gasteiger charge is 2.27. The summed E-state index contributed by atoms with van der Waals surface area (Å²) < 4.78 is 5.24. The maximum Gasteiger partial charge on any atom is 0.312 e. The van der Waals surface area contributed by atoms with E-state index in [4.69, 9.17) is 10.5 Å². The van der Waals surface area contributed by atoms with Gasteiger partial charge in [0.2, 0.25) is 11.8 Å². The first-order chi connectivity index (χ1) is 18.8. The average molecular weight is 562 g/mol. The van der Waals surface area contributed by atoms with Gasteiger partial charge in [-0.1, -0.05) is 65.8 Å². The fraction of sp³-hybridized carbons (Fsp3) is 0.621. The largest absolute Gasteiger partial charge is 0.461 e. The predicted octanol–water partition coefficient (Wildman–Crippen LogP) is 1.82. The molecule has 1 aromatic rings. The molecule has 0 saturated carbocycles. The van der Waals surface area contributed by atoms with E-state index in [0.29, 0.717) is 25.9 Å². The third kappa shape index (κ3) is 13.5. The van der Waals surface area contributed by atoms with Crippen molar-refractivity contribution in [2.45, 2.75) is 79.5 Å². The van der Waals surface area contributed by atoms with Crippen molar-refractivity contribution >= 4 is 29.6 Å². The van der Waals surface area contributed by atoms with Gasteiger partial charge in [0.05, 0.1) is 18.0 Å². The molecule has 0 heterocycles. The van der Waals surface area contributed by atoms with Gasteiger partial charge in [-0.05, 0) is 29.9 Å². The summed E-state index contributed by atoms with van der Waals surface area (Å²) >= 11 is 0. The van der Waals surface area contributed by atoms with Crippen molar-refractivity contribution in [1.29, 1.82) is 0 Å². The topological polar surface area (TPSA) is 169 Å². The zero-order chi connectivity index (χ0) is 30.2. The van der Waals surface area contributed by atoms with E-state index in [9.17, 15) is 24.0 Å². The van der Waals surface area contributed by atoms with E-state index >= 15 is 0 Å². The molecule has 1 rings (SSSR count). The van der Waals surface area contributed by atoms with Gasteiger partial charge in [0, 0.05) is 32.0 Å². The van der Waals surface area contributed by atoms with Crippen molar-refractivity contribution in [2.24, 2.45) is 23.5 Å². The van der Waals surface area contributed by atoms with Crippen molar-refractivity contribution in [1.82, 2.24) is 21.3 Å². The molecule has 0 aromatic heterocycles. The predicted molar refractivity (Wildman–Crippen MR) is 153 cm³/mol. The number of primary amides is 1. The second-order valence-corrected chi connectivity index (χ2v) is 10.8. The van der Waals surface area contributed by atoms with Gasteiger partial charge < -0.3 is 31.7 Å². The lowest BCUT2D eigenvalue weighted by molar-refractivity contribution is -0.148. The molecular weight excluding hydrogens is 514 g/mol. The highest BCUT2D eigenvalue weighted by Crippen LogP contribution is 2.12. The number of hydrogen-bond acceptors (Lipinski definition) is 7. The van der Waals surface area contributed by atoms with Crippen LogP contribution in [0.1, 0.15) is 65.5 Å². The number of ketones is 1. The number of rotatable bonds is 18. The fourth-order valence-corrected chi connectivity index (χ4v) is 3.74. The van der Waals surface area contributed by atoms with Crippen LogP contribution in [0.15, 0.2) is 24.3 Å².